The Morgan fingerprint density at radius 3 is 2.82 bits per heavy atom. The van der Waals surface area contributed by atoms with E-state index in [0.717, 1.165) is 28.3 Å². The third-order valence-electron chi connectivity index (χ3n) is 1.55. The highest BCUT2D eigenvalue weighted by Gasteiger charge is 2.03. The van der Waals surface area contributed by atoms with Gasteiger partial charge in [-0.25, -0.2) is 4.39 Å². The van der Waals surface area contributed by atoms with Crippen LogP contribution in [0.2, 0.25) is 11.1 Å². The lowest BCUT2D eigenvalue weighted by atomic mass is 10.1. The van der Waals surface area contributed by atoms with Crippen molar-refractivity contribution in [2.24, 2.45) is 0 Å². The molecule has 0 saturated carbocycles. The van der Waals surface area contributed by atoms with E-state index in [4.69, 9.17) is 11.6 Å². The van der Waals surface area contributed by atoms with Gasteiger partial charge >= 0.3 is 0 Å². The van der Waals surface area contributed by atoms with Gasteiger partial charge in [0, 0.05) is 10.2 Å². The van der Waals surface area contributed by atoms with Gasteiger partial charge in [-0.1, -0.05) is 29.8 Å². The summed E-state index contributed by atoms with van der Waals surface area (Å²) < 4.78 is 13.1. The maximum absolute atomic E-state index is 13.1. The van der Waals surface area contributed by atoms with Crippen LogP contribution in [0.4, 0.5) is 4.39 Å². The van der Waals surface area contributed by atoms with Gasteiger partial charge < -0.3 is 0 Å². The molecule has 0 atom stereocenters. The summed E-state index contributed by atoms with van der Waals surface area (Å²) in [5.74, 6) is -0.245. The molecule has 3 heteroatoms. The second-order valence-electron chi connectivity index (χ2n) is 2.46. The summed E-state index contributed by atoms with van der Waals surface area (Å²) in [7, 11) is 1.11. The predicted molar refractivity (Wildman–Crippen MR) is 49.9 cm³/mol. The second-order valence-corrected chi connectivity index (χ2v) is 3.87. The van der Waals surface area contributed by atoms with Crippen LogP contribution < -0.4 is 0 Å². The van der Waals surface area contributed by atoms with Gasteiger partial charge in [-0.05, 0) is 18.1 Å². The van der Waals surface area contributed by atoms with Gasteiger partial charge in [0.2, 0.25) is 0 Å². The Hall–Kier alpha value is -0.343. The molecule has 0 heterocycles. The molecule has 0 nitrogen and oxygen atoms in total. The monoisotopic (exact) mass is 188 g/mol. The summed E-state index contributed by atoms with van der Waals surface area (Å²) in [4.78, 5) is 0. The van der Waals surface area contributed by atoms with Gasteiger partial charge in [0.15, 0.2) is 0 Å². The van der Waals surface area contributed by atoms with Crippen molar-refractivity contribution in [2.45, 2.75) is 12.5 Å². The zero-order valence-electron chi connectivity index (χ0n) is 6.40. The van der Waals surface area contributed by atoms with Gasteiger partial charge in [0.05, 0.1) is 5.02 Å². The van der Waals surface area contributed by atoms with Crippen molar-refractivity contribution >= 4 is 21.8 Å². The fraction of sp³-hybridized carbons (Fsp3) is 0.250. The number of hydrogen-bond acceptors (Lipinski definition) is 0. The molecule has 1 aromatic rings. The van der Waals surface area contributed by atoms with E-state index in [0.29, 0.717) is 0 Å². The molecule has 0 fully saturated rings. The zero-order valence-corrected chi connectivity index (χ0v) is 9.16. The first-order valence-electron chi connectivity index (χ1n) is 3.68. The molecule has 0 aliphatic heterocycles. The Balaban J connectivity index is 2.96. The number of aryl methyl sites for hydroxylation is 1. The van der Waals surface area contributed by atoms with E-state index < -0.39 is 0 Å². The predicted octanol–water partition coefficient (Wildman–Crippen LogP) is 1.81. The summed E-state index contributed by atoms with van der Waals surface area (Å²) in [5.41, 5.74) is 0.743. The fourth-order valence-corrected chi connectivity index (χ4v) is 1.74. The van der Waals surface area contributed by atoms with Crippen LogP contribution in [0.15, 0.2) is 18.2 Å². The SMILES string of the molecule is Fc1c(Cl)cccc1CC[SiH3]. The normalized spacial score (nSPS) is 10.4. The maximum Gasteiger partial charge on any atom is 0.144 e. The van der Waals surface area contributed by atoms with Crippen molar-refractivity contribution in [3.8, 4) is 0 Å². The quantitative estimate of drug-likeness (QED) is 0.622. The molecule has 0 bridgehead atoms. The molecule has 0 aromatic heterocycles. The van der Waals surface area contributed by atoms with E-state index in [1.807, 2.05) is 0 Å². The van der Waals surface area contributed by atoms with Gasteiger partial charge in [-0.3, -0.25) is 0 Å². The second kappa shape index (κ2) is 3.88. The van der Waals surface area contributed by atoms with Crippen LogP contribution in [0.5, 0.6) is 0 Å². The molecule has 60 valence electrons. The molecule has 0 saturated heterocycles. The van der Waals surface area contributed by atoms with Crippen LogP contribution in [-0.2, 0) is 6.42 Å². The highest BCUT2D eigenvalue weighted by atomic mass is 35.5. The van der Waals surface area contributed by atoms with Crippen molar-refractivity contribution in [2.75, 3.05) is 0 Å². The summed E-state index contributed by atoms with van der Waals surface area (Å²) in [5, 5.41) is 0.234. The van der Waals surface area contributed by atoms with Crippen molar-refractivity contribution in [1.29, 1.82) is 0 Å². The molecule has 1 aromatic carbocycles. The molecule has 0 aliphatic rings. The topological polar surface area (TPSA) is 0 Å². The molecular weight excluding hydrogens is 179 g/mol. The molecule has 0 spiro atoms. The highest BCUT2D eigenvalue weighted by Crippen LogP contribution is 2.18. The van der Waals surface area contributed by atoms with E-state index in [9.17, 15) is 4.39 Å². The number of halogens is 2. The Morgan fingerprint density at radius 1 is 1.45 bits per heavy atom. The Bertz CT molecular complexity index is 250. The Labute approximate surface area is 73.8 Å². The largest absolute Gasteiger partial charge is 0.205 e. The maximum atomic E-state index is 13.1. The van der Waals surface area contributed by atoms with E-state index in [-0.39, 0.29) is 10.8 Å². The van der Waals surface area contributed by atoms with Crippen LogP contribution in [0.25, 0.3) is 0 Å². The number of hydrogen-bond donors (Lipinski definition) is 0. The molecule has 0 amide bonds. The van der Waals surface area contributed by atoms with Crippen LogP contribution in [-0.4, -0.2) is 10.2 Å². The standard InChI is InChI=1S/C8H10ClFSi/c9-7-3-1-2-6(4-5-11)8(7)10/h1-3H,4-5H2,11H3. The van der Waals surface area contributed by atoms with E-state index >= 15 is 0 Å². The Kier molecular flexibility index (Phi) is 3.09. The molecule has 0 N–H and O–H groups in total. The first-order valence-corrected chi connectivity index (χ1v) is 5.47. The minimum atomic E-state index is -0.245. The minimum absolute atomic E-state index is 0.234. The third kappa shape index (κ3) is 2.04. The summed E-state index contributed by atoms with van der Waals surface area (Å²) >= 11 is 5.59. The van der Waals surface area contributed by atoms with Crippen LogP contribution >= 0.6 is 11.6 Å². The highest BCUT2D eigenvalue weighted by molar-refractivity contribution is 6.30. The van der Waals surface area contributed by atoms with Crippen LogP contribution in [0.1, 0.15) is 5.56 Å². The zero-order chi connectivity index (χ0) is 8.27. The molecule has 0 unspecified atom stereocenters. The Morgan fingerprint density at radius 2 is 2.18 bits per heavy atom. The first kappa shape index (κ1) is 8.75. The van der Waals surface area contributed by atoms with Gasteiger partial charge in [-0.2, -0.15) is 0 Å². The van der Waals surface area contributed by atoms with Crippen LogP contribution in [0, 0.1) is 5.82 Å². The van der Waals surface area contributed by atoms with Crippen molar-refractivity contribution < 1.29 is 4.39 Å². The third-order valence-corrected chi connectivity index (χ3v) is 2.34. The fourth-order valence-electron chi connectivity index (χ4n) is 1.01. The average molecular weight is 189 g/mol. The molecule has 11 heavy (non-hydrogen) atoms. The van der Waals surface area contributed by atoms with Crippen molar-refractivity contribution in [1.82, 2.24) is 0 Å². The van der Waals surface area contributed by atoms with Crippen molar-refractivity contribution in [3.05, 3.63) is 34.6 Å². The lowest BCUT2D eigenvalue weighted by Crippen LogP contribution is -1.90. The van der Waals surface area contributed by atoms with Gasteiger partial charge in [-0.15, -0.1) is 0 Å². The van der Waals surface area contributed by atoms with Gasteiger partial charge in [0.1, 0.15) is 5.82 Å². The van der Waals surface area contributed by atoms with E-state index in [1.54, 1.807) is 18.2 Å². The number of benzene rings is 1. The lowest BCUT2D eigenvalue weighted by molar-refractivity contribution is 0.612. The minimum Gasteiger partial charge on any atom is -0.205 e. The van der Waals surface area contributed by atoms with Crippen molar-refractivity contribution in [3.63, 3.8) is 0 Å². The van der Waals surface area contributed by atoms with E-state index in [2.05, 4.69) is 0 Å². The molecule has 1 rings (SSSR count). The first-order chi connectivity index (χ1) is 5.25. The average Bonchev–Trinajstić information content (AvgIpc) is 1.99. The van der Waals surface area contributed by atoms with Gasteiger partial charge in [0.25, 0.3) is 0 Å². The van der Waals surface area contributed by atoms with E-state index in [1.165, 1.54) is 0 Å². The van der Waals surface area contributed by atoms with Crippen LogP contribution in [0.3, 0.4) is 0 Å². The smallest absolute Gasteiger partial charge is 0.144 e. The summed E-state index contributed by atoms with van der Waals surface area (Å²) in [6, 6.07) is 6.24. The molecule has 0 radical (unpaired) electrons. The summed E-state index contributed by atoms with van der Waals surface area (Å²) in [6.07, 6.45) is 0.818. The number of rotatable bonds is 2. The molecule has 0 aliphatic carbocycles. The molecular formula is C8H10ClFSi. The summed E-state index contributed by atoms with van der Waals surface area (Å²) in [6.45, 7) is 0. The lowest BCUT2D eigenvalue weighted by Gasteiger charge is -2.00.